The standard InChI is InChI=1S/C14H18FN3/c1-10(2)18-8-7-12(17-18)9-16-14-6-4-5-13(15)11(14)3/h4-8,10,16H,9H2,1-3H3. The molecule has 0 aliphatic rings. The maximum Gasteiger partial charge on any atom is 0.128 e. The molecule has 0 saturated carbocycles. The molecule has 0 aliphatic carbocycles. The van der Waals surface area contributed by atoms with Gasteiger partial charge in [0.1, 0.15) is 5.82 Å². The molecule has 0 unspecified atom stereocenters. The Labute approximate surface area is 107 Å². The van der Waals surface area contributed by atoms with E-state index in [1.807, 2.05) is 23.0 Å². The summed E-state index contributed by atoms with van der Waals surface area (Å²) in [5, 5.41) is 7.64. The first-order chi connectivity index (χ1) is 8.58. The summed E-state index contributed by atoms with van der Waals surface area (Å²) in [6.45, 7) is 6.54. The Morgan fingerprint density at radius 3 is 2.78 bits per heavy atom. The van der Waals surface area contributed by atoms with E-state index in [0.717, 1.165) is 11.4 Å². The van der Waals surface area contributed by atoms with Gasteiger partial charge in [0.05, 0.1) is 12.2 Å². The molecule has 0 amide bonds. The molecule has 0 saturated heterocycles. The minimum Gasteiger partial charge on any atom is -0.379 e. The van der Waals surface area contributed by atoms with Crippen molar-refractivity contribution in [2.24, 2.45) is 0 Å². The van der Waals surface area contributed by atoms with Gasteiger partial charge in [-0.25, -0.2) is 4.39 Å². The second kappa shape index (κ2) is 5.21. The van der Waals surface area contributed by atoms with Crippen LogP contribution in [0, 0.1) is 12.7 Å². The Balaban J connectivity index is 2.04. The molecular formula is C14H18FN3. The lowest BCUT2D eigenvalue weighted by Gasteiger charge is -2.09. The molecule has 1 aromatic heterocycles. The first-order valence-electron chi connectivity index (χ1n) is 6.11. The third-order valence-electron chi connectivity index (χ3n) is 2.92. The van der Waals surface area contributed by atoms with Gasteiger partial charge in [0, 0.05) is 23.5 Å². The van der Waals surface area contributed by atoms with Gasteiger partial charge < -0.3 is 5.32 Å². The maximum absolute atomic E-state index is 13.4. The lowest BCUT2D eigenvalue weighted by Crippen LogP contribution is -2.05. The Morgan fingerprint density at radius 1 is 1.33 bits per heavy atom. The second-order valence-electron chi connectivity index (χ2n) is 4.65. The Hall–Kier alpha value is -1.84. The van der Waals surface area contributed by atoms with E-state index in [1.165, 1.54) is 6.07 Å². The van der Waals surface area contributed by atoms with Crippen LogP contribution in [-0.2, 0) is 6.54 Å². The van der Waals surface area contributed by atoms with Crippen molar-refractivity contribution < 1.29 is 4.39 Å². The van der Waals surface area contributed by atoms with Crippen LogP contribution in [0.1, 0.15) is 31.1 Å². The van der Waals surface area contributed by atoms with Crippen molar-refractivity contribution in [1.82, 2.24) is 9.78 Å². The predicted molar refractivity (Wildman–Crippen MR) is 71.1 cm³/mol. The number of rotatable bonds is 4. The van der Waals surface area contributed by atoms with Gasteiger partial charge in [0.25, 0.3) is 0 Å². The van der Waals surface area contributed by atoms with Crippen LogP contribution in [0.3, 0.4) is 0 Å². The first kappa shape index (κ1) is 12.6. The van der Waals surface area contributed by atoms with E-state index < -0.39 is 0 Å². The lowest BCUT2D eigenvalue weighted by molar-refractivity contribution is 0.527. The smallest absolute Gasteiger partial charge is 0.128 e. The van der Waals surface area contributed by atoms with Crippen LogP contribution in [0.2, 0.25) is 0 Å². The summed E-state index contributed by atoms with van der Waals surface area (Å²) in [6, 6.07) is 7.37. The van der Waals surface area contributed by atoms with Crippen molar-refractivity contribution in [2.75, 3.05) is 5.32 Å². The molecule has 0 radical (unpaired) electrons. The highest BCUT2D eigenvalue weighted by atomic mass is 19.1. The summed E-state index contributed by atoms with van der Waals surface area (Å²) >= 11 is 0. The summed E-state index contributed by atoms with van der Waals surface area (Å²) in [4.78, 5) is 0. The van der Waals surface area contributed by atoms with Crippen molar-refractivity contribution in [3.63, 3.8) is 0 Å². The van der Waals surface area contributed by atoms with E-state index >= 15 is 0 Å². The third kappa shape index (κ3) is 2.70. The summed E-state index contributed by atoms with van der Waals surface area (Å²) in [5.41, 5.74) is 2.40. The molecule has 0 atom stereocenters. The molecule has 2 rings (SSSR count). The van der Waals surface area contributed by atoms with E-state index in [1.54, 1.807) is 13.0 Å². The monoisotopic (exact) mass is 247 g/mol. The highest BCUT2D eigenvalue weighted by molar-refractivity contribution is 5.51. The van der Waals surface area contributed by atoms with E-state index in [9.17, 15) is 4.39 Å². The molecule has 1 heterocycles. The van der Waals surface area contributed by atoms with Crippen LogP contribution in [-0.4, -0.2) is 9.78 Å². The molecule has 1 aromatic carbocycles. The van der Waals surface area contributed by atoms with Crippen LogP contribution < -0.4 is 5.32 Å². The Bertz CT molecular complexity index is 532. The fourth-order valence-electron chi connectivity index (χ4n) is 1.74. The lowest BCUT2D eigenvalue weighted by atomic mass is 10.2. The molecule has 0 fully saturated rings. The van der Waals surface area contributed by atoms with Crippen LogP contribution in [0.4, 0.5) is 10.1 Å². The van der Waals surface area contributed by atoms with Crippen molar-refractivity contribution in [1.29, 1.82) is 0 Å². The average Bonchev–Trinajstić information content (AvgIpc) is 2.80. The number of hydrogen-bond acceptors (Lipinski definition) is 2. The minimum atomic E-state index is -0.187. The molecular weight excluding hydrogens is 229 g/mol. The number of nitrogens with zero attached hydrogens (tertiary/aromatic N) is 2. The van der Waals surface area contributed by atoms with Gasteiger partial charge >= 0.3 is 0 Å². The number of benzene rings is 1. The zero-order chi connectivity index (χ0) is 13.1. The highest BCUT2D eigenvalue weighted by Gasteiger charge is 2.05. The quantitative estimate of drug-likeness (QED) is 0.895. The van der Waals surface area contributed by atoms with Gasteiger partial charge in [-0.2, -0.15) is 5.10 Å². The van der Waals surface area contributed by atoms with Gasteiger partial charge in [-0.1, -0.05) is 6.07 Å². The molecule has 1 N–H and O–H groups in total. The summed E-state index contributed by atoms with van der Waals surface area (Å²) in [6.07, 6.45) is 1.96. The van der Waals surface area contributed by atoms with E-state index in [2.05, 4.69) is 24.3 Å². The van der Waals surface area contributed by atoms with Gasteiger partial charge in [0.2, 0.25) is 0 Å². The minimum absolute atomic E-state index is 0.187. The number of nitrogens with one attached hydrogen (secondary N) is 1. The van der Waals surface area contributed by atoms with Crippen LogP contribution in [0.25, 0.3) is 0 Å². The molecule has 18 heavy (non-hydrogen) atoms. The van der Waals surface area contributed by atoms with Gasteiger partial charge in [0.15, 0.2) is 0 Å². The highest BCUT2D eigenvalue weighted by Crippen LogP contribution is 2.18. The number of aromatic nitrogens is 2. The van der Waals surface area contributed by atoms with E-state index in [4.69, 9.17) is 0 Å². The summed E-state index contributed by atoms with van der Waals surface area (Å²) < 4.78 is 15.3. The van der Waals surface area contributed by atoms with E-state index in [-0.39, 0.29) is 5.82 Å². The maximum atomic E-state index is 13.4. The summed E-state index contributed by atoms with van der Waals surface area (Å²) in [5.74, 6) is -0.187. The topological polar surface area (TPSA) is 29.9 Å². The third-order valence-corrected chi connectivity index (χ3v) is 2.92. The van der Waals surface area contributed by atoms with Crippen LogP contribution >= 0.6 is 0 Å². The Morgan fingerprint density at radius 2 is 2.11 bits per heavy atom. The van der Waals surface area contributed by atoms with Gasteiger partial charge in [-0.3, -0.25) is 4.68 Å². The zero-order valence-electron chi connectivity index (χ0n) is 10.9. The molecule has 0 spiro atoms. The van der Waals surface area contributed by atoms with Crippen LogP contribution in [0.5, 0.6) is 0 Å². The molecule has 2 aromatic rings. The fourth-order valence-corrected chi connectivity index (χ4v) is 1.74. The molecule has 96 valence electrons. The first-order valence-corrected chi connectivity index (χ1v) is 6.11. The molecule has 0 bridgehead atoms. The number of anilines is 1. The predicted octanol–water partition coefficient (Wildman–Crippen LogP) is 3.52. The van der Waals surface area contributed by atoms with Crippen LogP contribution in [0.15, 0.2) is 30.5 Å². The van der Waals surface area contributed by atoms with Gasteiger partial charge in [-0.05, 0) is 39.0 Å². The Kier molecular flexibility index (Phi) is 3.65. The summed E-state index contributed by atoms with van der Waals surface area (Å²) in [7, 11) is 0. The van der Waals surface area contributed by atoms with Crippen molar-refractivity contribution in [2.45, 2.75) is 33.4 Å². The molecule has 4 heteroatoms. The van der Waals surface area contributed by atoms with Crippen molar-refractivity contribution in [3.05, 3.63) is 47.5 Å². The molecule has 3 nitrogen and oxygen atoms in total. The van der Waals surface area contributed by atoms with Crippen molar-refractivity contribution in [3.8, 4) is 0 Å². The largest absolute Gasteiger partial charge is 0.379 e. The average molecular weight is 247 g/mol. The fraction of sp³-hybridized carbons (Fsp3) is 0.357. The normalized spacial score (nSPS) is 10.9. The SMILES string of the molecule is Cc1c(F)cccc1NCc1ccn(C(C)C)n1. The van der Waals surface area contributed by atoms with Gasteiger partial charge in [-0.15, -0.1) is 0 Å². The number of halogens is 1. The zero-order valence-corrected chi connectivity index (χ0v) is 10.9. The van der Waals surface area contributed by atoms with E-state index in [0.29, 0.717) is 18.2 Å². The second-order valence-corrected chi connectivity index (χ2v) is 4.65. The number of hydrogen-bond donors (Lipinski definition) is 1. The van der Waals surface area contributed by atoms with Crippen molar-refractivity contribution >= 4 is 5.69 Å². The molecule has 0 aliphatic heterocycles.